The Hall–Kier alpha value is -2.38. The molecule has 0 atom stereocenters. The number of nitrogen functional groups attached to an aromatic ring is 1. The van der Waals surface area contributed by atoms with E-state index in [1.54, 1.807) is 0 Å². The molecule has 0 aliphatic heterocycles. The van der Waals surface area contributed by atoms with Crippen LogP contribution in [0.2, 0.25) is 0 Å². The van der Waals surface area contributed by atoms with Gasteiger partial charge in [-0.25, -0.2) is 4.79 Å². The maximum atomic E-state index is 12.5. The van der Waals surface area contributed by atoms with Gasteiger partial charge in [0.2, 0.25) is 5.78 Å². The lowest BCUT2D eigenvalue weighted by Gasteiger charge is -2.56. The average molecular weight is 403 g/mol. The summed E-state index contributed by atoms with van der Waals surface area (Å²) >= 11 is 0. The molecule has 0 saturated heterocycles. The highest BCUT2D eigenvalue weighted by molar-refractivity contribution is 6.01. The number of anilines is 1. The Kier molecular flexibility index (Phi) is 5.12. The lowest BCUT2D eigenvalue weighted by Crippen LogP contribution is -2.47. The summed E-state index contributed by atoms with van der Waals surface area (Å²) in [6, 6.07) is 0. The van der Waals surface area contributed by atoms with Crippen LogP contribution in [-0.2, 0) is 16.1 Å². The molecule has 8 heteroatoms. The zero-order chi connectivity index (χ0) is 20.8. The van der Waals surface area contributed by atoms with E-state index in [-0.39, 0.29) is 23.3 Å². The van der Waals surface area contributed by atoms with E-state index in [0.717, 1.165) is 41.6 Å². The average Bonchev–Trinajstić information content (AvgIpc) is 2.61. The number of ether oxygens (including phenoxy) is 1. The number of nitrogens with zero attached hydrogens (tertiary/aromatic N) is 1. The third kappa shape index (κ3) is 3.76. The predicted molar refractivity (Wildman–Crippen MR) is 107 cm³/mol. The first-order valence-corrected chi connectivity index (χ1v) is 10.6. The van der Waals surface area contributed by atoms with Gasteiger partial charge in [0, 0.05) is 6.54 Å². The van der Waals surface area contributed by atoms with E-state index in [2.05, 4.69) is 4.98 Å². The van der Waals surface area contributed by atoms with Gasteiger partial charge in [-0.15, -0.1) is 0 Å². The molecule has 4 fully saturated rings. The molecule has 158 valence electrons. The van der Waals surface area contributed by atoms with Gasteiger partial charge in [0.1, 0.15) is 11.4 Å². The fourth-order valence-corrected chi connectivity index (χ4v) is 6.38. The van der Waals surface area contributed by atoms with E-state index < -0.39 is 29.6 Å². The minimum atomic E-state index is -0.845. The summed E-state index contributed by atoms with van der Waals surface area (Å²) in [5, 5.41) is 0. The number of carbonyl (C=O) groups excluding carboxylic acids is 2. The number of ketones is 1. The van der Waals surface area contributed by atoms with Gasteiger partial charge < -0.3 is 10.5 Å². The summed E-state index contributed by atoms with van der Waals surface area (Å²) in [7, 11) is 0. The highest BCUT2D eigenvalue weighted by Crippen LogP contribution is 2.61. The number of esters is 1. The number of hydrogen-bond acceptors (Lipinski definition) is 6. The maximum Gasteiger partial charge on any atom is 0.329 e. The fraction of sp³-hybridized carbons (Fsp3) is 0.714. The van der Waals surface area contributed by atoms with E-state index >= 15 is 0 Å². The van der Waals surface area contributed by atoms with Gasteiger partial charge in [-0.05, 0) is 68.1 Å². The van der Waals surface area contributed by atoms with Crippen molar-refractivity contribution in [3.8, 4) is 0 Å². The van der Waals surface area contributed by atoms with Gasteiger partial charge in [0.25, 0.3) is 5.56 Å². The number of H-pyrrole nitrogens is 1. The second-order valence-electron chi connectivity index (χ2n) is 9.35. The number of carbonyl (C=O) groups is 2. The first kappa shape index (κ1) is 19.9. The van der Waals surface area contributed by atoms with Crippen molar-refractivity contribution < 1.29 is 14.3 Å². The quantitative estimate of drug-likeness (QED) is 0.529. The predicted octanol–water partition coefficient (Wildman–Crippen LogP) is 1.86. The molecule has 1 aromatic rings. The van der Waals surface area contributed by atoms with Crippen LogP contribution in [0.3, 0.4) is 0 Å². The SMILES string of the molecule is CCCn1c(N)c(C(=O)COC(=O)CC23CC4CC(CC(C4)C2)C3)c(=O)[nH]c1=O. The zero-order valence-electron chi connectivity index (χ0n) is 16.9. The van der Waals surface area contributed by atoms with Crippen LogP contribution < -0.4 is 17.0 Å². The van der Waals surface area contributed by atoms with Crippen molar-refractivity contribution in [3.05, 3.63) is 26.4 Å². The van der Waals surface area contributed by atoms with Crippen molar-refractivity contribution in [3.63, 3.8) is 0 Å². The molecule has 4 bridgehead atoms. The number of nitrogens with one attached hydrogen (secondary N) is 1. The van der Waals surface area contributed by atoms with E-state index in [4.69, 9.17) is 10.5 Å². The Balaban J connectivity index is 1.41. The van der Waals surface area contributed by atoms with Gasteiger partial charge in [-0.3, -0.25) is 23.9 Å². The van der Waals surface area contributed by atoms with Crippen LogP contribution in [0.5, 0.6) is 0 Å². The van der Waals surface area contributed by atoms with Gasteiger partial charge in [-0.1, -0.05) is 6.92 Å². The van der Waals surface area contributed by atoms with Crippen LogP contribution in [0, 0.1) is 23.2 Å². The standard InChI is InChI=1S/C21H29N3O5/c1-2-3-24-18(22)17(19(27)23-20(24)28)15(25)11-29-16(26)10-21-7-12-4-13(8-21)6-14(5-12)9-21/h12-14H,2-11,22H2,1H3,(H,23,27,28). The molecule has 8 nitrogen and oxygen atoms in total. The molecule has 4 saturated carbocycles. The van der Waals surface area contributed by atoms with Crippen molar-refractivity contribution in [2.45, 2.75) is 64.8 Å². The van der Waals surface area contributed by atoms with Crippen LogP contribution in [0.4, 0.5) is 5.82 Å². The van der Waals surface area contributed by atoms with E-state index in [1.807, 2.05) is 6.92 Å². The molecular formula is C21H29N3O5. The van der Waals surface area contributed by atoms with Gasteiger partial charge in [0.15, 0.2) is 6.61 Å². The first-order valence-electron chi connectivity index (χ1n) is 10.6. The number of rotatable bonds is 7. The first-order chi connectivity index (χ1) is 13.8. The Bertz CT molecular complexity index is 909. The van der Waals surface area contributed by atoms with Crippen molar-refractivity contribution in [2.75, 3.05) is 12.3 Å². The number of aromatic nitrogens is 2. The lowest BCUT2D eigenvalue weighted by molar-refractivity contribution is -0.150. The number of Topliss-reactive ketones (excluding diaryl/α,β-unsaturated/α-hetero) is 1. The molecule has 0 unspecified atom stereocenters. The molecule has 29 heavy (non-hydrogen) atoms. The molecule has 1 aromatic heterocycles. The Morgan fingerprint density at radius 2 is 1.72 bits per heavy atom. The van der Waals surface area contributed by atoms with E-state index in [9.17, 15) is 19.2 Å². The van der Waals surface area contributed by atoms with Gasteiger partial charge >= 0.3 is 11.7 Å². The topological polar surface area (TPSA) is 124 Å². The number of hydrogen-bond donors (Lipinski definition) is 2. The molecule has 4 aliphatic carbocycles. The fourth-order valence-electron chi connectivity index (χ4n) is 6.38. The van der Waals surface area contributed by atoms with Crippen LogP contribution in [-0.4, -0.2) is 27.9 Å². The monoisotopic (exact) mass is 403 g/mol. The maximum absolute atomic E-state index is 12.5. The molecule has 0 radical (unpaired) electrons. The zero-order valence-corrected chi connectivity index (χ0v) is 16.9. The van der Waals surface area contributed by atoms with Crippen molar-refractivity contribution in [1.82, 2.24) is 9.55 Å². The summed E-state index contributed by atoms with van der Waals surface area (Å²) in [6.45, 7) is 1.60. The molecule has 0 amide bonds. The van der Waals surface area contributed by atoms with Crippen LogP contribution in [0.15, 0.2) is 9.59 Å². The summed E-state index contributed by atoms with van der Waals surface area (Å²) in [6.07, 6.45) is 8.08. The van der Waals surface area contributed by atoms with Gasteiger partial charge in [0.05, 0.1) is 6.42 Å². The van der Waals surface area contributed by atoms with Crippen molar-refractivity contribution >= 4 is 17.6 Å². The number of aromatic amines is 1. The largest absolute Gasteiger partial charge is 0.457 e. The van der Waals surface area contributed by atoms with Crippen molar-refractivity contribution in [2.24, 2.45) is 23.2 Å². The van der Waals surface area contributed by atoms with Crippen LogP contribution in [0.1, 0.15) is 68.6 Å². The molecule has 0 aromatic carbocycles. The summed E-state index contributed by atoms with van der Waals surface area (Å²) in [4.78, 5) is 51.1. The molecule has 5 rings (SSSR count). The molecule has 4 aliphatic rings. The van der Waals surface area contributed by atoms with Gasteiger partial charge in [-0.2, -0.15) is 0 Å². The van der Waals surface area contributed by atoms with E-state index in [0.29, 0.717) is 12.8 Å². The minimum absolute atomic E-state index is 0.0275. The molecule has 3 N–H and O–H groups in total. The second kappa shape index (κ2) is 7.46. The Morgan fingerprint density at radius 1 is 1.14 bits per heavy atom. The summed E-state index contributed by atoms with van der Waals surface area (Å²) < 4.78 is 6.41. The highest BCUT2D eigenvalue weighted by Gasteiger charge is 2.51. The number of nitrogens with two attached hydrogens (primary N) is 1. The summed E-state index contributed by atoms with van der Waals surface area (Å²) in [5.41, 5.74) is 4.11. The molecule has 1 heterocycles. The third-order valence-corrected chi connectivity index (χ3v) is 7.01. The molecular weight excluding hydrogens is 374 g/mol. The normalized spacial score (nSPS) is 29.8. The summed E-state index contributed by atoms with van der Waals surface area (Å²) in [5.74, 6) is 0.934. The van der Waals surface area contributed by atoms with E-state index in [1.165, 1.54) is 19.3 Å². The smallest absolute Gasteiger partial charge is 0.329 e. The minimum Gasteiger partial charge on any atom is -0.457 e. The molecule has 0 spiro atoms. The lowest BCUT2D eigenvalue weighted by atomic mass is 9.49. The van der Waals surface area contributed by atoms with Crippen LogP contribution >= 0.6 is 0 Å². The Morgan fingerprint density at radius 3 is 2.28 bits per heavy atom. The third-order valence-electron chi connectivity index (χ3n) is 7.01. The second-order valence-corrected chi connectivity index (χ2v) is 9.35. The Labute approximate surface area is 168 Å². The van der Waals surface area contributed by atoms with Crippen molar-refractivity contribution in [1.29, 1.82) is 0 Å². The highest BCUT2D eigenvalue weighted by atomic mass is 16.5. The van der Waals surface area contributed by atoms with Crippen LogP contribution in [0.25, 0.3) is 0 Å².